The molecule has 3 aromatic rings. The van der Waals surface area contributed by atoms with Crippen molar-refractivity contribution in [1.29, 1.82) is 0 Å². The normalized spacial score (nSPS) is 12.8. The van der Waals surface area contributed by atoms with Crippen LogP contribution in [0.15, 0.2) is 82.7 Å². The van der Waals surface area contributed by atoms with E-state index in [2.05, 4.69) is 63.3 Å². The Morgan fingerprint density at radius 1 is 1.08 bits per heavy atom. The Bertz CT molecular complexity index is 878. The van der Waals surface area contributed by atoms with Gasteiger partial charge < -0.3 is 5.21 Å². The summed E-state index contributed by atoms with van der Waals surface area (Å²) in [7, 11) is 0. The third-order valence-electron chi connectivity index (χ3n) is 4.35. The fourth-order valence-electron chi connectivity index (χ4n) is 3.06. The Labute approximate surface area is 156 Å². The summed E-state index contributed by atoms with van der Waals surface area (Å²) in [5, 5.41) is 13.2. The van der Waals surface area contributed by atoms with Gasteiger partial charge >= 0.3 is 0 Å². The number of aromatic nitrogens is 1. The Morgan fingerprint density at radius 3 is 2.52 bits per heavy atom. The maximum absolute atomic E-state index is 9.60. The first-order chi connectivity index (χ1) is 12.2. The molecular formula is C21H19BrN2O. The zero-order valence-electron chi connectivity index (χ0n) is 13.9. The molecule has 0 saturated carbocycles. The number of hydrogen-bond acceptors (Lipinski definition) is 3. The summed E-state index contributed by atoms with van der Waals surface area (Å²) in [6, 6.07) is 20.4. The molecule has 3 rings (SSSR count). The van der Waals surface area contributed by atoms with Crippen molar-refractivity contribution in [2.24, 2.45) is 5.16 Å². The zero-order chi connectivity index (χ0) is 17.6. The molecule has 2 aromatic carbocycles. The second-order valence-electron chi connectivity index (χ2n) is 5.95. The van der Waals surface area contributed by atoms with Gasteiger partial charge in [0.2, 0.25) is 0 Å². The topological polar surface area (TPSA) is 45.5 Å². The van der Waals surface area contributed by atoms with Gasteiger partial charge in [-0.25, -0.2) is 0 Å². The average molecular weight is 395 g/mol. The molecule has 1 unspecified atom stereocenters. The van der Waals surface area contributed by atoms with Crippen molar-refractivity contribution in [2.45, 2.75) is 19.3 Å². The van der Waals surface area contributed by atoms with Gasteiger partial charge in [0.15, 0.2) is 0 Å². The zero-order valence-corrected chi connectivity index (χ0v) is 15.5. The minimum Gasteiger partial charge on any atom is -0.411 e. The van der Waals surface area contributed by atoms with Gasteiger partial charge in [0, 0.05) is 34.8 Å². The minimum absolute atomic E-state index is 0.0952. The monoisotopic (exact) mass is 394 g/mol. The molecule has 0 saturated heterocycles. The highest BCUT2D eigenvalue weighted by Gasteiger charge is 2.20. The lowest BCUT2D eigenvalue weighted by molar-refractivity contribution is 0.317. The molecule has 1 N–H and O–H groups in total. The van der Waals surface area contributed by atoms with E-state index in [1.807, 2.05) is 30.3 Å². The molecule has 0 radical (unpaired) electrons. The Balaban J connectivity index is 2.04. The molecule has 126 valence electrons. The molecule has 4 heteroatoms. The molecule has 3 nitrogen and oxygen atoms in total. The molecule has 0 aliphatic carbocycles. The maximum Gasteiger partial charge on any atom is 0.0878 e. The molecule has 0 bridgehead atoms. The predicted octanol–water partition coefficient (Wildman–Crippen LogP) is 5.55. The molecule has 0 amide bonds. The van der Waals surface area contributed by atoms with Crippen LogP contribution in [0.5, 0.6) is 0 Å². The smallest absolute Gasteiger partial charge is 0.0878 e. The van der Waals surface area contributed by atoms with Crippen molar-refractivity contribution in [3.05, 3.63) is 99.8 Å². The fourth-order valence-corrected chi connectivity index (χ4v) is 3.48. The Morgan fingerprint density at radius 2 is 1.84 bits per heavy atom. The average Bonchev–Trinajstić information content (AvgIpc) is 2.64. The molecule has 1 atom stereocenters. The standard InChI is InChI=1S/C21H19BrN2O/c1-15-5-2-3-8-19(15)20(17-6-4-7-18(22)13-17)14-21(24-25)16-9-11-23-12-10-16/h2-13,20,25H,14H2,1H3/b24-21-. The van der Waals surface area contributed by atoms with Crippen LogP contribution in [0.1, 0.15) is 34.6 Å². The summed E-state index contributed by atoms with van der Waals surface area (Å²) in [5.41, 5.74) is 5.16. The molecule has 0 aliphatic heterocycles. The molecule has 1 aromatic heterocycles. The van der Waals surface area contributed by atoms with E-state index in [1.54, 1.807) is 12.4 Å². The largest absolute Gasteiger partial charge is 0.411 e. The number of rotatable bonds is 5. The lowest BCUT2D eigenvalue weighted by Crippen LogP contribution is -2.11. The van der Waals surface area contributed by atoms with Crippen LogP contribution < -0.4 is 0 Å². The van der Waals surface area contributed by atoms with Gasteiger partial charge in [0.1, 0.15) is 0 Å². The van der Waals surface area contributed by atoms with Crippen LogP contribution in [0, 0.1) is 6.92 Å². The van der Waals surface area contributed by atoms with Crippen molar-refractivity contribution in [3.8, 4) is 0 Å². The fraction of sp³-hybridized carbons (Fsp3) is 0.143. The van der Waals surface area contributed by atoms with E-state index >= 15 is 0 Å². The number of halogens is 1. The third kappa shape index (κ3) is 4.15. The number of nitrogens with zero attached hydrogens (tertiary/aromatic N) is 2. The van der Waals surface area contributed by atoms with Crippen molar-refractivity contribution < 1.29 is 5.21 Å². The summed E-state index contributed by atoms with van der Waals surface area (Å²) >= 11 is 3.56. The number of benzene rings is 2. The van der Waals surface area contributed by atoms with Crippen LogP contribution in [-0.2, 0) is 0 Å². The summed E-state index contributed by atoms with van der Waals surface area (Å²) in [6.07, 6.45) is 4.02. The van der Waals surface area contributed by atoms with Crippen molar-refractivity contribution in [3.63, 3.8) is 0 Å². The second kappa shape index (κ2) is 8.08. The van der Waals surface area contributed by atoms with Crippen molar-refractivity contribution in [1.82, 2.24) is 4.98 Å². The minimum atomic E-state index is 0.0952. The first kappa shape index (κ1) is 17.4. The SMILES string of the molecule is Cc1ccccc1C(C/C(=N/O)c1ccncc1)c1cccc(Br)c1. The van der Waals surface area contributed by atoms with E-state index in [0.29, 0.717) is 12.1 Å². The number of pyridine rings is 1. The molecule has 25 heavy (non-hydrogen) atoms. The van der Waals surface area contributed by atoms with Crippen LogP contribution in [0.25, 0.3) is 0 Å². The van der Waals surface area contributed by atoms with E-state index in [1.165, 1.54) is 16.7 Å². The highest BCUT2D eigenvalue weighted by Crippen LogP contribution is 2.33. The van der Waals surface area contributed by atoms with E-state index in [0.717, 1.165) is 10.0 Å². The van der Waals surface area contributed by atoms with Gasteiger partial charge in [-0.3, -0.25) is 4.98 Å². The van der Waals surface area contributed by atoms with E-state index in [-0.39, 0.29) is 5.92 Å². The highest BCUT2D eigenvalue weighted by atomic mass is 79.9. The summed E-state index contributed by atoms with van der Waals surface area (Å²) < 4.78 is 1.04. The lowest BCUT2D eigenvalue weighted by Gasteiger charge is -2.21. The first-order valence-electron chi connectivity index (χ1n) is 8.11. The quantitative estimate of drug-likeness (QED) is 0.350. The van der Waals surface area contributed by atoms with Crippen LogP contribution in [0.3, 0.4) is 0 Å². The van der Waals surface area contributed by atoms with E-state index in [9.17, 15) is 5.21 Å². The summed E-state index contributed by atoms with van der Waals surface area (Å²) in [4.78, 5) is 4.04. The van der Waals surface area contributed by atoms with Gasteiger partial charge in [-0.1, -0.05) is 57.5 Å². The number of oxime groups is 1. The van der Waals surface area contributed by atoms with Crippen molar-refractivity contribution in [2.75, 3.05) is 0 Å². The van der Waals surface area contributed by atoms with Crippen LogP contribution >= 0.6 is 15.9 Å². The number of aryl methyl sites for hydroxylation is 1. The second-order valence-corrected chi connectivity index (χ2v) is 6.87. The Hall–Kier alpha value is -2.46. The number of hydrogen-bond donors (Lipinski definition) is 1. The van der Waals surface area contributed by atoms with Gasteiger partial charge in [-0.15, -0.1) is 0 Å². The molecule has 0 spiro atoms. The van der Waals surface area contributed by atoms with E-state index in [4.69, 9.17) is 0 Å². The summed E-state index contributed by atoms with van der Waals surface area (Å²) in [6.45, 7) is 2.11. The summed E-state index contributed by atoms with van der Waals surface area (Å²) in [5.74, 6) is 0.0952. The maximum atomic E-state index is 9.60. The lowest BCUT2D eigenvalue weighted by atomic mass is 9.83. The van der Waals surface area contributed by atoms with Crippen molar-refractivity contribution >= 4 is 21.6 Å². The van der Waals surface area contributed by atoms with Crippen LogP contribution in [0.2, 0.25) is 0 Å². The molecule has 0 fully saturated rings. The van der Waals surface area contributed by atoms with Crippen LogP contribution in [0.4, 0.5) is 0 Å². The van der Waals surface area contributed by atoms with Gasteiger partial charge in [-0.2, -0.15) is 0 Å². The Kier molecular flexibility index (Phi) is 5.61. The first-order valence-corrected chi connectivity index (χ1v) is 8.90. The third-order valence-corrected chi connectivity index (χ3v) is 4.84. The highest BCUT2D eigenvalue weighted by molar-refractivity contribution is 9.10. The van der Waals surface area contributed by atoms with E-state index < -0.39 is 0 Å². The molecular weight excluding hydrogens is 376 g/mol. The van der Waals surface area contributed by atoms with Gasteiger partial charge in [0.25, 0.3) is 0 Å². The molecule has 0 aliphatic rings. The van der Waals surface area contributed by atoms with Gasteiger partial charge in [0.05, 0.1) is 5.71 Å². The molecule has 1 heterocycles. The van der Waals surface area contributed by atoms with Gasteiger partial charge in [-0.05, 0) is 47.9 Å². The predicted molar refractivity (Wildman–Crippen MR) is 104 cm³/mol. The van der Waals surface area contributed by atoms with Crippen LogP contribution in [-0.4, -0.2) is 15.9 Å².